The van der Waals surface area contributed by atoms with Gasteiger partial charge in [-0.1, -0.05) is 20.8 Å². The molecule has 2 aromatic rings. The third kappa shape index (κ3) is 5.84. The maximum absolute atomic E-state index is 13.0. The molecule has 0 unspecified atom stereocenters. The molecule has 0 radical (unpaired) electrons. The van der Waals surface area contributed by atoms with Crippen molar-refractivity contribution in [3.63, 3.8) is 0 Å². The predicted molar refractivity (Wildman–Crippen MR) is 93.4 cm³/mol. The second-order valence-corrected chi connectivity index (χ2v) is 6.82. The summed E-state index contributed by atoms with van der Waals surface area (Å²) >= 11 is 0. The summed E-state index contributed by atoms with van der Waals surface area (Å²) in [5, 5.41) is 11.7. The van der Waals surface area contributed by atoms with Crippen LogP contribution in [-0.2, 0) is 4.79 Å². The van der Waals surface area contributed by atoms with E-state index in [1.165, 1.54) is 30.5 Å². The average molecular weight is 341 g/mol. The fourth-order valence-electron chi connectivity index (χ4n) is 2.28. The van der Waals surface area contributed by atoms with Crippen LogP contribution in [0.5, 0.6) is 0 Å². The summed E-state index contributed by atoms with van der Waals surface area (Å²) < 4.78 is 13.0. The van der Waals surface area contributed by atoms with E-state index in [0.29, 0.717) is 18.1 Å². The number of nitriles is 1. The normalized spacial score (nSPS) is 10.8. The summed E-state index contributed by atoms with van der Waals surface area (Å²) in [5.74, 6) is -0.0589. The first-order chi connectivity index (χ1) is 11.8. The molecule has 6 nitrogen and oxygen atoms in total. The molecule has 0 saturated carbocycles. The zero-order valence-electron chi connectivity index (χ0n) is 14.5. The Morgan fingerprint density at radius 2 is 1.96 bits per heavy atom. The monoisotopic (exact) mass is 341 g/mol. The number of halogens is 1. The second kappa shape index (κ2) is 7.71. The van der Waals surface area contributed by atoms with Crippen LogP contribution in [0.15, 0.2) is 36.5 Å². The van der Waals surface area contributed by atoms with Crippen molar-refractivity contribution in [2.75, 3.05) is 23.3 Å². The molecule has 0 aliphatic rings. The van der Waals surface area contributed by atoms with E-state index < -0.39 is 0 Å². The highest BCUT2D eigenvalue weighted by Gasteiger charge is 2.21. The molecule has 0 saturated heterocycles. The van der Waals surface area contributed by atoms with Crippen molar-refractivity contribution >= 4 is 17.4 Å². The van der Waals surface area contributed by atoms with Crippen LogP contribution in [0.1, 0.15) is 26.6 Å². The SMILES string of the molecule is CC(C)(C)CN(CC(=O)Nc1ccc(F)cc1)c1ccnc(C#N)n1. The Morgan fingerprint density at radius 1 is 1.28 bits per heavy atom. The minimum Gasteiger partial charge on any atom is -0.347 e. The maximum Gasteiger partial charge on any atom is 0.243 e. The van der Waals surface area contributed by atoms with Crippen molar-refractivity contribution in [3.8, 4) is 6.07 Å². The van der Waals surface area contributed by atoms with E-state index in [1.54, 1.807) is 11.0 Å². The molecule has 1 heterocycles. The van der Waals surface area contributed by atoms with E-state index in [-0.39, 0.29) is 29.5 Å². The minimum absolute atomic E-state index is 0.0513. The molecule has 25 heavy (non-hydrogen) atoms. The van der Waals surface area contributed by atoms with Crippen LogP contribution in [-0.4, -0.2) is 29.0 Å². The Labute approximate surface area is 146 Å². The summed E-state index contributed by atoms with van der Waals surface area (Å²) in [6, 6.07) is 9.13. The molecule has 1 aromatic heterocycles. The van der Waals surface area contributed by atoms with Crippen LogP contribution in [0.25, 0.3) is 0 Å². The largest absolute Gasteiger partial charge is 0.347 e. The third-order valence-electron chi connectivity index (χ3n) is 3.19. The standard InChI is InChI=1S/C18H20FN5O/c1-18(2,3)12-24(16-8-9-21-15(10-20)23-16)11-17(25)22-14-6-4-13(19)5-7-14/h4-9H,11-12H2,1-3H3,(H,22,25). The Balaban J connectivity index is 2.16. The highest BCUT2D eigenvalue weighted by Crippen LogP contribution is 2.20. The lowest BCUT2D eigenvalue weighted by Crippen LogP contribution is -2.39. The predicted octanol–water partition coefficient (Wildman–Crippen LogP) is 2.98. The van der Waals surface area contributed by atoms with Crippen LogP contribution < -0.4 is 10.2 Å². The quantitative estimate of drug-likeness (QED) is 0.904. The molecule has 1 N–H and O–H groups in total. The van der Waals surface area contributed by atoms with Gasteiger partial charge in [-0.3, -0.25) is 4.79 Å². The van der Waals surface area contributed by atoms with Crippen molar-refractivity contribution in [2.24, 2.45) is 5.41 Å². The number of hydrogen-bond donors (Lipinski definition) is 1. The lowest BCUT2D eigenvalue weighted by Gasteiger charge is -2.30. The van der Waals surface area contributed by atoms with Gasteiger partial charge >= 0.3 is 0 Å². The number of nitrogens with one attached hydrogen (secondary N) is 1. The van der Waals surface area contributed by atoms with Crippen LogP contribution in [0.2, 0.25) is 0 Å². The summed E-state index contributed by atoms with van der Waals surface area (Å²) in [6.07, 6.45) is 1.49. The Hall–Kier alpha value is -3.01. The van der Waals surface area contributed by atoms with Crippen LogP contribution in [0.3, 0.4) is 0 Å². The minimum atomic E-state index is -0.364. The number of amides is 1. The molecule has 0 aliphatic carbocycles. The number of rotatable bonds is 5. The van der Waals surface area contributed by atoms with Gasteiger partial charge in [0.1, 0.15) is 17.7 Å². The van der Waals surface area contributed by atoms with E-state index in [0.717, 1.165) is 0 Å². The molecule has 0 fully saturated rings. The highest BCUT2D eigenvalue weighted by molar-refractivity contribution is 5.93. The lowest BCUT2D eigenvalue weighted by atomic mass is 9.96. The van der Waals surface area contributed by atoms with Crippen LogP contribution >= 0.6 is 0 Å². The molecule has 1 amide bonds. The fourth-order valence-corrected chi connectivity index (χ4v) is 2.28. The van der Waals surface area contributed by atoms with Gasteiger partial charge in [-0.15, -0.1) is 0 Å². The van der Waals surface area contributed by atoms with Crippen LogP contribution in [0, 0.1) is 22.6 Å². The number of carbonyl (C=O) groups excluding carboxylic acids is 1. The van der Waals surface area contributed by atoms with E-state index in [2.05, 4.69) is 15.3 Å². The Kier molecular flexibility index (Phi) is 5.65. The van der Waals surface area contributed by atoms with Gasteiger partial charge in [0.25, 0.3) is 0 Å². The Bertz CT molecular complexity index is 777. The maximum atomic E-state index is 13.0. The first-order valence-electron chi connectivity index (χ1n) is 7.80. The molecule has 130 valence electrons. The van der Waals surface area contributed by atoms with E-state index in [9.17, 15) is 9.18 Å². The van der Waals surface area contributed by atoms with Crippen molar-refractivity contribution in [1.29, 1.82) is 5.26 Å². The van der Waals surface area contributed by atoms with Gasteiger partial charge in [-0.05, 0) is 35.7 Å². The van der Waals surface area contributed by atoms with Gasteiger partial charge in [0, 0.05) is 18.4 Å². The molecule has 0 aliphatic heterocycles. The molecule has 2 rings (SSSR count). The topological polar surface area (TPSA) is 81.9 Å². The summed E-state index contributed by atoms with van der Waals surface area (Å²) in [6.45, 7) is 6.75. The van der Waals surface area contributed by atoms with Crippen molar-refractivity contribution < 1.29 is 9.18 Å². The third-order valence-corrected chi connectivity index (χ3v) is 3.19. The molecule has 7 heteroatoms. The van der Waals surface area contributed by atoms with Gasteiger partial charge in [-0.2, -0.15) is 5.26 Å². The number of hydrogen-bond acceptors (Lipinski definition) is 5. The van der Waals surface area contributed by atoms with Crippen molar-refractivity contribution in [2.45, 2.75) is 20.8 Å². The zero-order valence-corrected chi connectivity index (χ0v) is 14.5. The van der Waals surface area contributed by atoms with Gasteiger partial charge < -0.3 is 10.2 Å². The molecule has 0 atom stereocenters. The van der Waals surface area contributed by atoms with Gasteiger partial charge in [-0.25, -0.2) is 14.4 Å². The summed E-state index contributed by atoms with van der Waals surface area (Å²) in [5.41, 5.74) is 0.427. The molecular weight excluding hydrogens is 321 g/mol. The molecule has 0 bridgehead atoms. The van der Waals surface area contributed by atoms with E-state index >= 15 is 0 Å². The summed E-state index contributed by atoms with van der Waals surface area (Å²) in [4.78, 5) is 22.2. The Morgan fingerprint density at radius 3 is 2.56 bits per heavy atom. The number of carbonyl (C=O) groups is 1. The van der Waals surface area contributed by atoms with Crippen molar-refractivity contribution in [1.82, 2.24) is 9.97 Å². The molecule has 0 spiro atoms. The van der Waals surface area contributed by atoms with E-state index in [4.69, 9.17) is 5.26 Å². The van der Waals surface area contributed by atoms with Gasteiger partial charge in [0.2, 0.25) is 11.7 Å². The highest BCUT2D eigenvalue weighted by atomic mass is 19.1. The average Bonchev–Trinajstić information content (AvgIpc) is 2.55. The first kappa shape index (κ1) is 18.3. The number of nitrogens with zero attached hydrogens (tertiary/aromatic N) is 4. The van der Waals surface area contributed by atoms with Gasteiger partial charge in [0.05, 0.1) is 6.54 Å². The molecule has 1 aromatic carbocycles. The summed E-state index contributed by atoms with van der Waals surface area (Å²) in [7, 11) is 0. The second-order valence-electron chi connectivity index (χ2n) is 6.82. The zero-order chi connectivity index (χ0) is 18.4. The van der Waals surface area contributed by atoms with E-state index in [1.807, 2.05) is 26.8 Å². The lowest BCUT2D eigenvalue weighted by molar-refractivity contribution is -0.115. The smallest absolute Gasteiger partial charge is 0.243 e. The van der Waals surface area contributed by atoms with Gasteiger partial charge in [0.15, 0.2) is 0 Å². The van der Waals surface area contributed by atoms with Crippen molar-refractivity contribution in [3.05, 3.63) is 48.2 Å². The number of anilines is 2. The molecular formula is C18H20FN5O. The fraction of sp³-hybridized carbons (Fsp3) is 0.333. The van der Waals surface area contributed by atoms with Crippen LogP contribution in [0.4, 0.5) is 15.9 Å². The number of benzene rings is 1. The number of aromatic nitrogens is 2. The first-order valence-corrected chi connectivity index (χ1v) is 7.80.